The fourth-order valence-electron chi connectivity index (χ4n) is 3.80. The minimum atomic E-state index is 0.595. The molecule has 3 aromatic rings. The van der Waals surface area contributed by atoms with E-state index in [-0.39, 0.29) is 0 Å². The number of hydrogen-bond donors (Lipinski definition) is 0. The van der Waals surface area contributed by atoms with Crippen LogP contribution in [0.2, 0.25) is 0 Å². The van der Waals surface area contributed by atoms with Gasteiger partial charge in [-0.3, -0.25) is 9.47 Å². The van der Waals surface area contributed by atoms with Crippen molar-refractivity contribution in [3.05, 3.63) is 78.1 Å². The van der Waals surface area contributed by atoms with Crippen LogP contribution in [0.3, 0.4) is 0 Å². The van der Waals surface area contributed by atoms with Gasteiger partial charge in [-0.15, -0.1) is 0 Å². The van der Waals surface area contributed by atoms with Gasteiger partial charge in [-0.25, -0.2) is 4.98 Å². The number of piperidine rings is 1. The van der Waals surface area contributed by atoms with Gasteiger partial charge >= 0.3 is 6.01 Å². The second kappa shape index (κ2) is 9.07. The number of nitrogens with zero attached hydrogens (tertiary/aromatic N) is 3. The highest BCUT2D eigenvalue weighted by Crippen LogP contribution is 2.23. The second-order valence-corrected chi connectivity index (χ2v) is 7.59. The summed E-state index contributed by atoms with van der Waals surface area (Å²) in [6.07, 6.45) is 5.36. The van der Waals surface area contributed by atoms with Crippen LogP contribution >= 0.6 is 0 Å². The molecule has 0 bridgehead atoms. The van der Waals surface area contributed by atoms with E-state index in [2.05, 4.69) is 65.1 Å². The molecular weight excluding hydrogens is 346 g/mol. The number of hydrogen-bond acceptors (Lipinski definition) is 3. The van der Waals surface area contributed by atoms with Gasteiger partial charge in [0, 0.05) is 12.7 Å². The smallest absolute Gasteiger partial charge is 0.301 e. The van der Waals surface area contributed by atoms with Crippen molar-refractivity contribution in [2.24, 2.45) is 5.92 Å². The van der Waals surface area contributed by atoms with E-state index in [1.807, 2.05) is 18.2 Å². The Bertz CT molecular complexity index is 852. The lowest BCUT2D eigenvalue weighted by Crippen LogP contribution is -2.35. The Morgan fingerprint density at radius 2 is 1.64 bits per heavy atom. The number of aryl methyl sites for hydroxylation is 1. The van der Waals surface area contributed by atoms with E-state index in [4.69, 9.17) is 9.72 Å². The lowest BCUT2D eigenvalue weighted by Gasteiger charge is -2.31. The van der Waals surface area contributed by atoms with Gasteiger partial charge in [0.2, 0.25) is 0 Å². The third-order valence-corrected chi connectivity index (χ3v) is 5.52. The Morgan fingerprint density at radius 3 is 2.32 bits per heavy atom. The summed E-state index contributed by atoms with van der Waals surface area (Å²) in [5.41, 5.74) is 3.56. The van der Waals surface area contributed by atoms with Gasteiger partial charge in [0.15, 0.2) is 0 Å². The fourth-order valence-corrected chi connectivity index (χ4v) is 3.80. The maximum Gasteiger partial charge on any atom is 0.301 e. The lowest BCUT2D eigenvalue weighted by atomic mass is 9.97. The summed E-state index contributed by atoms with van der Waals surface area (Å²) in [5, 5.41) is 0. The summed E-state index contributed by atoms with van der Waals surface area (Å²) in [6, 6.07) is 21.8. The van der Waals surface area contributed by atoms with Crippen molar-refractivity contribution in [3.8, 4) is 11.7 Å². The molecule has 0 N–H and O–H groups in total. The molecule has 1 fully saturated rings. The highest BCUT2D eigenvalue weighted by atomic mass is 16.5. The van der Waals surface area contributed by atoms with E-state index in [9.17, 15) is 0 Å². The molecule has 0 radical (unpaired) electrons. The van der Waals surface area contributed by atoms with Crippen LogP contribution in [-0.2, 0) is 13.0 Å². The molecule has 28 heavy (non-hydrogen) atoms. The first-order valence-corrected chi connectivity index (χ1v) is 10.3. The number of benzene rings is 2. The van der Waals surface area contributed by atoms with Crippen molar-refractivity contribution in [1.29, 1.82) is 0 Å². The largest absolute Gasteiger partial charge is 0.464 e. The van der Waals surface area contributed by atoms with Gasteiger partial charge in [-0.2, -0.15) is 0 Å². The molecule has 0 unspecified atom stereocenters. The molecule has 4 rings (SSSR count). The number of aromatic nitrogens is 2. The normalized spacial score (nSPS) is 15.6. The first-order valence-electron chi connectivity index (χ1n) is 10.3. The van der Waals surface area contributed by atoms with E-state index in [1.54, 1.807) is 0 Å². The zero-order chi connectivity index (χ0) is 19.2. The van der Waals surface area contributed by atoms with Gasteiger partial charge in [-0.05, 0) is 56.0 Å². The van der Waals surface area contributed by atoms with Crippen LogP contribution in [0, 0.1) is 5.92 Å². The van der Waals surface area contributed by atoms with Crippen molar-refractivity contribution < 1.29 is 4.74 Å². The van der Waals surface area contributed by atoms with E-state index in [1.165, 1.54) is 18.4 Å². The monoisotopic (exact) mass is 375 g/mol. The van der Waals surface area contributed by atoms with Crippen molar-refractivity contribution in [3.63, 3.8) is 0 Å². The minimum Gasteiger partial charge on any atom is -0.464 e. The highest BCUT2D eigenvalue weighted by Gasteiger charge is 2.21. The van der Waals surface area contributed by atoms with Gasteiger partial charge in [0.25, 0.3) is 0 Å². The summed E-state index contributed by atoms with van der Waals surface area (Å²) in [6.45, 7) is 6.19. The van der Waals surface area contributed by atoms with Crippen LogP contribution in [0.5, 0.6) is 6.01 Å². The molecular formula is C24H29N3O. The molecule has 0 atom stereocenters. The van der Waals surface area contributed by atoms with Crippen LogP contribution < -0.4 is 4.74 Å². The molecule has 1 aromatic heterocycles. The Kier molecular flexibility index (Phi) is 6.07. The molecule has 0 spiro atoms. The molecule has 2 aromatic carbocycles. The van der Waals surface area contributed by atoms with Crippen molar-refractivity contribution in [2.45, 2.75) is 32.7 Å². The third-order valence-electron chi connectivity index (χ3n) is 5.52. The Morgan fingerprint density at radius 1 is 0.964 bits per heavy atom. The molecule has 1 aliphatic heterocycles. The Labute approximate surface area is 167 Å². The number of imidazole rings is 1. The Balaban J connectivity index is 1.33. The fraction of sp³-hybridized carbons (Fsp3) is 0.375. The molecule has 1 saturated heterocycles. The highest BCUT2D eigenvalue weighted by molar-refractivity contribution is 5.35. The van der Waals surface area contributed by atoms with E-state index in [0.29, 0.717) is 5.92 Å². The van der Waals surface area contributed by atoms with Gasteiger partial charge in [0.05, 0.1) is 18.0 Å². The van der Waals surface area contributed by atoms with E-state index >= 15 is 0 Å². The molecule has 0 saturated carbocycles. The lowest BCUT2D eigenvalue weighted by molar-refractivity contribution is 0.131. The third kappa shape index (κ3) is 4.63. The molecule has 146 valence electrons. The molecule has 0 aliphatic carbocycles. The van der Waals surface area contributed by atoms with Crippen molar-refractivity contribution in [1.82, 2.24) is 14.5 Å². The van der Waals surface area contributed by atoms with Crippen LogP contribution in [0.15, 0.2) is 66.9 Å². The number of rotatable bonds is 7. The maximum absolute atomic E-state index is 6.20. The summed E-state index contributed by atoms with van der Waals surface area (Å²) in [4.78, 5) is 7.24. The quantitative estimate of drug-likeness (QED) is 0.598. The summed E-state index contributed by atoms with van der Waals surface area (Å²) < 4.78 is 8.27. The molecule has 1 aliphatic rings. The van der Waals surface area contributed by atoms with E-state index < -0.39 is 0 Å². The summed E-state index contributed by atoms with van der Waals surface area (Å²) in [7, 11) is 0. The zero-order valence-corrected chi connectivity index (χ0v) is 16.6. The average molecular weight is 376 g/mol. The number of likely N-dealkylation sites (tertiary alicyclic amines) is 1. The van der Waals surface area contributed by atoms with Crippen LogP contribution in [-0.4, -0.2) is 34.1 Å². The predicted octanol–water partition coefficient (Wildman–Crippen LogP) is 4.73. The predicted molar refractivity (Wildman–Crippen MR) is 113 cm³/mol. The average Bonchev–Trinajstić information content (AvgIpc) is 3.18. The summed E-state index contributed by atoms with van der Waals surface area (Å²) in [5.74, 6) is 0.595. The molecule has 2 heterocycles. The van der Waals surface area contributed by atoms with Crippen molar-refractivity contribution in [2.75, 3.05) is 19.7 Å². The number of para-hydroxylation sites is 1. The van der Waals surface area contributed by atoms with E-state index in [0.717, 1.165) is 50.1 Å². The zero-order valence-electron chi connectivity index (χ0n) is 16.6. The van der Waals surface area contributed by atoms with Crippen molar-refractivity contribution >= 4 is 0 Å². The maximum atomic E-state index is 6.20. The Hall–Kier alpha value is -2.59. The topological polar surface area (TPSA) is 30.3 Å². The number of ether oxygens (including phenoxy) is 1. The van der Waals surface area contributed by atoms with Crippen LogP contribution in [0.25, 0.3) is 5.69 Å². The standard InChI is InChI=1S/C24H29N3O/c1-2-22-18-27(23-11-7-4-8-12-23)24(25-22)28-19-21-13-15-26(16-14-21)17-20-9-5-3-6-10-20/h3-12,18,21H,2,13-17,19H2,1H3. The first kappa shape index (κ1) is 18.8. The van der Waals surface area contributed by atoms with Crippen LogP contribution in [0.1, 0.15) is 31.0 Å². The summed E-state index contributed by atoms with van der Waals surface area (Å²) >= 11 is 0. The SMILES string of the molecule is CCc1cn(-c2ccccc2)c(OCC2CCN(Cc3ccccc3)CC2)n1. The van der Waals surface area contributed by atoms with Crippen LogP contribution in [0.4, 0.5) is 0 Å². The molecule has 4 nitrogen and oxygen atoms in total. The second-order valence-electron chi connectivity index (χ2n) is 7.59. The molecule has 0 amide bonds. The minimum absolute atomic E-state index is 0.595. The first-order chi connectivity index (χ1) is 13.8. The van der Waals surface area contributed by atoms with Gasteiger partial charge in [-0.1, -0.05) is 55.5 Å². The van der Waals surface area contributed by atoms with Gasteiger partial charge in [0.1, 0.15) is 0 Å². The van der Waals surface area contributed by atoms with Gasteiger partial charge < -0.3 is 4.74 Å². The molecule has 4 heteroatoms.